The van der Waals surface area contributed by atoms with Gasteiger partial charge in [0.15, 0.2) is 17.4 Å². The molecule has 0 unspecified atom stereocenters. The highest BCUT2D eigenvalue weighted by atomic mass is 16.5. The van der Waals surface area contributed by atoms with Gasteiger partial charge in [-0.05, 0) is 17.7 Å². The summed E-state index contributed by atoms with van der Waals surface area (Å²) in [4.78, 5) is 12.0. The number of ether oxygens (including phenoxy) is 1. The minimum Gasteiger partial charge on any atom is -0.504 e. The number of hydrazone groups is 1. The van der Waals surface area contributed by atoms with Crippen LogP contribution in [0.5, 0.6) is 11.5 Å². The van der Waals surface area contributed by atoms with Crippen LogP contribution >= 0.6 is 0 Å². The fourth-order valence-electron chi connectivity index (χ4n) is 1.97. The maximum atomic E-state index is 12.0. The number of phenols is 1. The van der Waals surface area contributed by atoms with Gasteiger partial charge in [0.25, 0.3) is 5.91 Å². The van der Waals surface area contributed by atoms with E-state index in [2.05, 4.69) is 10.5 Å². The minimum absolute atomic E-state index is 0.0760. The molecule has 0 aliphatic carbocycles. The zero-order valence-corrected chi connectivity index (χ0v) is 12.4. The quantitative estimate of drug-likeness (QED) is 0.653. The molecule has 1 amide bonds. The lowest BCUT2D eigenvalue weighted by atomic mass is 10.0. The molecule has 2 aromatic carbocycles. The van der Waals surface area contributed by atoms with E-state index in [1.165, 1.54) is 13.3 Å². The smallest absolute Gasteiger partial charge is 0.261 e. The van der Waals surface area contributed by atoms with Crippen LogP contribution in [0.4, 0.5) is 0 Å². The number of methoxy groups -OCH3 is 1. The molecule has 2 aromatic rings. The van der Waals surface area contributed by atoms with Gasteiger partial charge in [-0.15, -0.1) is 0 Å². The van der Waals surface area contributed by atoms with E-state index in [1.54, 1.807) is 48.5 Å². The third-order valence-electron chi connectivity index (χ3n) is 3.15. The Labute approximate surface area is 133 Å². The van der Waals surface area contributed by atoms with Gasteiger partial charge in [-0.2, -0.15) is 10.4 Å². The van der Waals surface area contributed by atoms with Crippen molar-refractivity contribution in [1.82, 2.24) is 5.43 Å². The fourth-order valence-corrected chi connectivity index (χ4v) is 1.97. The Hall–Kier alpha value is -3.33. The molecule has 0 heterocycles. The van der Waals surface area contributed by atoms with Crippen LogP contribution in [0.25, 0.3) is 0 Å². The number of carbonyl (C=O) groups excluding carboxylic acids is 1. The molecule has 0 aromatic heterocycles. The molecule has 6 heteroatoms. The first-order valence-electron chi connectivity index (χ1n) is 6.80. The van der Waals surface area contributed by atoms with Crippen molar-refractivity contribution in [3.63, 3.8) is 0 Å². The number of carbonyl (C=O) groups is 1. The molecule has 0 saturated heterocycles. The molecule has 0 aliphatic rings. The zero-order valence-electron chi connectivity index (χ0n) is 12.4. The van der Waals surface area contributed by atoms with E-state index in [0.717, 1.165) is 0 Å². The summed E-state index contributed by atoms with van der Waals surface area (Å²) in [5, 5.41) is 22.8. The number of para-hydroxylation sites is 1. The van der Waals surface area contributed by atoms with Gasteiger partial charge in [0.2, 0.25) is 0 Å². The monoisotopic (exact) mass is 309 g/mol. The summed E-state index contributed by atoms with van der Waals surface area (Å²) < 4.78 is 4.98. The Morgan fingerprint density at radius 2 is 2.04 bits per heavy atom. The number of nitriles is 1. The predicted octanol–water partition coefficient (Wildman–Crippen LogP) is 2.16. The Morgan fingerprint density at radius 1 is 1.30 bits per heavy atom. The van der Waals surface area contributed by atoms with E-state index in [0.29, 0.717) is 16.9 Å². The summed E-state index contributed by atoms with van der Waals surface area (Å²) in [5.74, 6) is -1.27. The number of hydrogen-bond donors (Lipinski definition) is 2. The van der Waals surface area contributed by atoms with E-state index >= 15 is 0 Å². The van der Waals surface area contributed by atoms with Crippen molar-refractivity contribution in [3.05, 3.63) is 59.7 Å². The maximum Gasteiger partial charge on any atom is 0.261 e. The Kier molecular flexibility index (Phi) is 5.31. The molecule has 1 atom stereocenters. The van der Waals surface area contributed by atoms with Gasteiger partial charge in [0.05, 0.1) is 19.4 Å². The highest BCUT2D eigenvalue weighted by Crippen LogP contribution is 2.27. The maximum absolute atomic E-state index is 12.0. The number of nitrogens with zero attached hydrogens (tertiary/aromatic N) is 2. The van der Waals surface area contributed by atoms with E-state index in [9.17, 15) is 9.90 Å². The van der Waals surface area contributed by atoms with Gasteiger partial charge in [0.1, 0.15) is 0 Å². The van der Waals surface area contributed by atoms with Crippen molar-refractivity contribution in [2.45, 2.75) is 5.92 Å². The zero-order chi connectivity index (χ0) is 16.7. The molecule has 6 nitrogen and oxygen atoms in total. The van der Waals surface area contributed by atoms with Gasteiger partial charge in [-0.1, -0.05) is 36.4 Å². The number of nitrogens with one attached hydrogen (secondary N) is 1. The van der Waals surface area contributed by atoms with Crippen LogP contribution < -0.4 is 10.2 Å². The third kappa shape index (κ3) is 3.86. The lowest BCUT2D eigenvalue weighted by Crippen LogP contribution is -2.24. The number of phenolic OH excluding ortho intramolecular Hbond substituents is 1. The average Bonchev–Trinajstić information content (AvgIpc) is 2.58. The number of benzene rings is 2. The van der Waals surface area contributed by atoms with Crippen molar-refractivity contribution in [2.24, 2.45) is 5.10 Å². The molecule has 0 spiro atoms. The van der Waals surface area contributed by atoms with E-state index in [-0.39, 0.29) is 5.75 Å². The second-order valence-corrected chi connectivity index (χ2v) is 4.61. The molecule has 23 heavy (non-hydrogen) atoms. The second kappa shape index (κ2) is 7.61. The van der Waals surface area contributed by atoms with Crippen LogP contribution in [0.2, 0.25) is 0 Å². The van der Waals surface area contributed by atoms with E-state index < -0.39 is 11.8 Å². The number of rotatable bonds is 5. The minimum atomic E-state index is -0.952. The van der Waals surface area contributed by atoms with Crippen LogP contribution in [0.3, 0.4) is 0 Å². The Balaban J connectivity index is 2.08. The summed E-state index contributed by atoms with van der Waals surface area (Å²) in [5.41, 5.74) is 3.28. The van der Waals surface area contributed by atoms with Crippen LogP contribution in [-0.4, -0.2) is 24.3 Å². The number of aromatic hydroxyl groups is 1. The topological polar surface area (TPSA) is 94.7 Å². The van der Waals surface area contributed by atoms with Crippen LogP contribution in [0, 0.1) is 11.3 Å². The summed E-state index contributed by atoms with van der Waals surface area (Å²) >= 11 is 0. The summed E-state index contributed by atoms with van der Waals surface area (Å²) in [7, 11) is 1.44. The number of amides is 1. The molecule has 2 rings (SSSR count). The van der Waals surface area contributed by atoms with Crippen LogP contribution in [-0.2, 0) is 4.79 Å². The average molecular weight is 309 g/mol. The van der Waals surface area contributed by atoms with Gasteiger partial charge in [-0.25, -0.2) is 5.43 Å². The summed E-state index contributed by atoms with van der Waals surface area (Å²) in [6.07, 6.45) is 1.29. The first-order valence-corrected chi connectivity index (χ1v) is 6.80. The second-order valence-electron chi connectivity index (χ2n) is 4.61. The molecule has 0 bridgehead atoms. The molecule has 0 aliphatic heterocycles. The lowest BCUT2D eigenvalue weighted by Gasteiger charge is -2.07. The molecule has 116 valence electrons. The molecule has 2 N–H and O–H groups in total. The summed E-state index contributed by atoms with van der Waals surface area (Å²) in [6, 6.07) is 15.6. The predicted molar refractivity (Wildman–Crippen MR) is 85.2 cm³/mol. The standard InChI is InChI=1S/C17H15N3O3/c1-23-15-9-5-8-13(16(15)21)11-19-20-17(22)14(10-18)12-6-3-2-4-7-12/h2-9,11,14,21H,1H3,(H,20,22)/b19-11-/t14-/m0/s1. The normalized spacial score (nSPS) is 11.7. The van der Waals surface area contributed by atoms with Crippen LogP contribution in [0.15, 0.2) is 53.6 Å². The van der Waals surface area contributed by atoms with Gasteiger partial charge in [-0.3, -0.25) is 4.79 Å². The Morgan fingerprint density at radius 3 is 2.70 bits per heavy atom. The van der Waals surface area contributed by atoms with Gasteiger partial charge < -0.3 is 9.84 Å². The van der Waals surface area contributed by atoms with E-state index in [1.807, 2.05) is 6.07 Å². The highest BCUT2D eigenvalue weighted by Gasteiger charge is 2.19. The first-order chi connectivity index (χ1) is 11.2. The first kappa shape index (κ1) is 16.0. The molecule has 0 radical (unpaired) electrons. The van der Waals surface area contributed by atoms with Gasteiger partial charge >= 0.3 is 0 Å². The molecular formula is C17H15N3O3. The van der Waals surface area contributed by atoms with Crippen molar-refractivity contribution < 1.29 is 14.6 Å². The highest BCUT2D eigenvalue weighted by molar-refractivity contribution is 5.89. The van der Waals surface area contributed by atoms with Crippen molar-refractivity contribution in [3.8, 4) is 17.6 Å². The van der Waals surface area contributed by atoms with Crippen molar-refractivity contribution >= 4 is 12.1 Å². The van der Waals surface area contributed by atoms with Gasteiger partial charge in [0, 0.05) is 5.56 Å². The van der Waals surface area contributed by atoms with Crippen molar-refractivity contribution in [1.29, 1.82) is 5.26 Å². The third-order valence-corrected chi connectivity index (χ3v) is 3.15. The number of hydrogen-bond acceptors (Lipinski definition) is 5. The summed E-state index contributed by atoms with van der Waals surface area (Å²) in [6.45, 7) is 0. The molecular weight excluding hydrogens is 294 g/mol. The van der Waals surface area contributed by atoms with Crippen molar-refractivity contribution in [2.75, 3.05) is 7.11 Å². The van der Waals surface area contributed by atoms with E-state index in [4.69, 9.17) is 10.00 Å². The SMILES string of the molecule is COc1cccc(/C=N\NC(=O)[C@@H](C#N)c2ccccc2)c1O. The van der Waals surface area contributed by atoms with Crippen LogP contribution in [0.1, 0.15) is 17.0 Å². The fraction of sp³-hybridized carbons (Fsp3) is 0.118. The Bertz CT molecular complexity index is 751. The molecule has 0 saturated carbocycles. The molecule has 0 fully saturated rings. The largest absolute Gasteiger partial charge is 0.504 e. The lowest BCUT2D eigenvalue weighted by molar-refractivity contribution is -0.121.